The lowest BCUT2D eigenvalue weighted by Gasteiger charge is -2.08. The van der Waals surface area contributed by atoms with E-state index in [-0.39, 0.29) is 11.2 Å². The van der Waals surface area contributed by atoms with Gasteiger partial charge in [-0.05, 0) is 23.6 Å². The summed E-state index contributed by atoms with van der Waals surface area (Å²) in [5.41, 5.74) is 1.00. The zero-order valence-corrected chi connectivity index (χ0v) is 7.71. The number of carbonyl (C=O) groups is 1. The van der Waals surface area contributed by atoms with E-state index in [4.69, 9.17) is 11.6 Å². The summed E-state index contributed by atoms with van der Waals surface area (Å²) in [7, 11) is 0. The number of halogens is 1. The Balaban J connectivity index is 2.88. The van der Waals surface area contributed by atoms with E-state index in [0.29, 0.717) is 0 Å². The van der Waals surface area contributed by atoms with Crippen molar-refractivity contribution in [1.29, 1.82) is 0 Å². The van der Waals surface area contributed by atoms with E-state index in [1.54, 1.807) is 0 Å². The minimum atomic E-state index is -0.274. The summed E-state index contributed by atoms with van der Waals surface area (Å²) in [4.78, 5) is 10.9. The highest BCUT2D eigenvalue weighted by Crippen LogP contribution is 2.21. The molecule has 0 aliphatic carbocycles. The van der Waals surface area contributed by atoms with Crippen molar-refractivity contribution in [2.24, 2.45) is 0 Å². The first-order valence-electron chi connectivity index (χ1n) is 4.00. The van der Waals surface area contributed by atoms with Gasteiger partial charge in [0, 0.05) is 0 Å². The molecular formula is C10H11ClO. The summed E-state index contributed by atoms with van der Waals surface area (Å²) in [6.07, 6.45) is 0.756. The lowest BCUT2D eigenvalue weighted by molar-refractivity contribution is -0.113. The van der Waals surface area contributed by atoms with Crippen LogP contribution in [0.5, 0.6) is 0 Å². The van der Waals surface area contributed by atoms with Crippen molar-refractivity contribution in [3.8, 4) is 0 Å². The van der Waals surface area contributed by atoms with Gasteiger partial charge < -0.3 is 0 Å². The first-order valence-corrected chi connectivity index (χ1v) is 4.37. The molecule has 2 heteroatoms. The highest BCUT2D eigenvalue weighted by Gasteiger charge is 2.15. The Kier molecular flexibility index (Phi) is 3.30. The molecule has 0 bridgehead atoms. The van der Waals surface area contributed by atoms with Gasteiger partial charge in [-0.2, -0.15) is 0 Å². The van der Waals surface area contributed by atoms with E-state index >= 15 is 0 Å². The second-order valence-corrected chi connectivity index (χ2v) is 3.05. The summed E-state index contributed by atoms with van der Waals surface area (Å²) < 4.78 is 0. The summed E-state index contributed by atoms with van der Waals surface area (Å²) >= 11 is 5.44. The van der Waals surface area contributed by atoms with E-state index < -0.39 is 0 Å². The Hall–Kier alpha value is -0.820. The van der Waals surface area contributed by atoms with Crippen LogP contribution in [0.4, 0.5) is 0 Å². The second-order valence-electron chi connectivity index (χ2n) is 2.68. The molecule has 1 rings (SSSR count). The van der Waals surface area contributed by atoms with Crippen LogP contribution in [0.2, 0.25) is 0 Å². The van der Waals surface area contributed by atoms with E-state index in [9.17, 15) is 4.79 Å². The molecule has 0 aromatic heterocycles. The third-order valence-corrected chi connectivity index (χ3v) is 2.15. The zero-order valence-electron chi connectivity index (χ0n) is 6.96. The summed E-state index contributed by atoms with van der Waals surface area (Å²) in [6, 6.07) is 9.60. The van der Waals surface area contributed by atoms with E-state index in [0.717, 1.165) is 12.0 Å². The molecule has 1 nitrogen and oxygen atoms in total. The van der Waals surface area contributed by atoms with Crippen molar-refractivity contribution in [1.82, 2.24) is 0 Å². The molecule has 1 aromatic carbocycles. The van der Waals surface area contributed by atoms with Gasteiger partial charge in [-0.15, -0.1) is 0 Å². The van der Waals surface area contributed by atoms with Gasteiger partial charge in [0.2, 0.25) is 5.24 Å². The predicted molar refractivity (Wildman–Crippen MR) is 50.3 cm³/mol. The first kappa shape index (κ1) is 9.27. The van der Waals surface area contributed by atoms with Gasteiger partial charge in [-0.25, -0.2) is 0 Å². The van der Waals surface area contributed by atoms with Gasteiger partial charge in [-0.3, -0.25) is 4.79 Å². The van der Waals surface area contributed by atoms with Gasteiger partial charge >= 0.3 is 0 Å². The van der Waals surface area contributed by atoms with Crippen LogP contribution in [0, 0.1) is 0 Å². The molecule has 0 heterocycles. The quantitative estimate of drug-likeness (QED) is 0.657. The molecule has 0 saturated carbocycles. The molecule has 64 valence electrons. The molecule has 0 unspecified atom stereocenters. The van der Waals surface area contributed by atoms with Crippen molar-refractivity contribution in [3.05, 3.63) is 35.9 Å². The monoisotopic (exact) mass is 182 g/mol. The molecule has 0 fully saturated rings. The molecular weight excluding hydrogens is 172 g/mol. The van der Waals surface area contributed by atoms with Crippen LogP contribution in [0.25, 0.3) is 0 Å². The number of hydrogen-bond acceptors (Lipinski definition) is 1. The van der Waals surface area contributed by atoms with Crippen molar-refractivity contribution in [3.63, 3.8) is 0 Å². The standard InChI is InChI=1S/C10H11ClO/c1-2-9(10(11)12)8-6-4-3-5-7-8/h3-7,9H,2H2,1H3/t9-/m1/s1. The maximum atomic E-state index is 10.9. The van der Waals surface area contributed by atoms with Crippen LogP contribution in [-0.4, -0.2) is 5.24 Å². The van der Waals surface area contributed by atoms with Crippen molar-refractivity contribution in [2.45, 2.75) is 19.3 Å². The van der Waals surface area contributed by atoms with Gasteiger partial charge in [-0.1, -0.05) is 37.3 Å². The Morgan fingerprint density at radius 1 is 1.42 bits per heavy atom. The summed E-state index contributed by atoms with van der Waals surface area (Å²) in [5.74, 6) is -0.145. The van der Waals surface area contributed by atoms with Crippen LogP contribution in [0.3, 0.4) is 0 Å². The van der Waals surface area contributed by atoms with Crippen LogP contribution in [-0.2, 0) is 4.79 Å². The Labute approximate surface area is 77.4 Å². The average Bonchev–Trinajstić information content (AvgIpc) is 2.07. The Morgan fingerprint density at radius 3 is 2.42 bits per heavy atom. The lowest BCUT2D eigenvalue weighted by atomic mass is 9.98. The first-order chi connectivity index (χ1) is 5.75. The maximum Gasteiger partial charge on any atom is 0.229 e. The molecule has 0 aliphatic rings. The number of hydrogen-bond donors (Lipinski definition) is 0. The van der Waals surface area contributed by atoms with Crippen LogP contribution in [0.1, 0.15) is 24.8 Å². The predicted octanol–water partition coefficient (Wildman–Crippen LogP) is 2.95. The zero-order chi connectivity index (χ0) is 8.97. The van der Waals surface area contributed by atoms with Gasteiger partial charge in [0.05, 0.1) is 5.92 Å². The molecule has 1 aromatic rings. The summed E-state index contributed by atoms with van der Waals surface area (Å²) in [5, 5.41) is -0.274. The molecule has 0 spiro atoms. The fraction of sp³-hybridized carbons (Fsp3) is 0.300. The molecule has 0 N–H and O–H groups in total. The van der Waals surface area contributed by atoms with Crippen molar-refractivity contribution >= 4 is 16.8 Å². The largest absolute Gasteiger partial charge is 0.281 e. The van der Waals surface area contributed by atoms with Crippen molar-refractivity contribution in [2.75, 3.05) is 0 Å². The fourth-order valence-corrected chi connectivity index (χ4v) is 1.49. The lowest BCUT2D eigenvalue weighted by Crippen LogP contribution is -2.04. The second kappa shape index (κ2) is 4.27. The Morgan fingerprint density at radius 2 is 2.00 bits per heavy atom. The highest BCUT2D eigenvalue weighted by atomic mass is 35.5. The smallest absolute Gasteiger partial charge is 0.229 e. The molecule has 0 saturated heterocycles. The average molecular weight is 183 g/mol. The third-order valence-electron chi connectivity index (χ3n) is 1.88. The van der Waals surface area contributed by atoms with Gasteiger partial charge in [0.25, 0.3) is 0 Å². The number of rotatable bonds is 3. The normalized spacial score (nSPS) is 12.5. The van der Waals surface area contributed by atoms with Crippen LogP contribution in [0.15, 0.2) is 30.3 Å². The minimum absolute atomic E-state index is 0.145. The molecule has 0 radical (unpaired) electrons. The number of benzene rings is 1. The van der Waals surface area contributed by atoms with E-state index in [1.807, 2.05) is 37.3 Å². The molecule has 12 heavy (non-hydrogen) atoms. The van der Waals surface area contributed by atoms with Crippen LogP contribution < -0.4 is 0 Å². The third kappa shape index (κ3) is 2.08. The SMILES string of the molecule is CC[C@@H](C(=O)Cl)c1ccccc1. The fourth-order valence-electron chi connectivity index (χ4n) is 1.21. The maximum absolute atomic E-state index is 10.9. The summed E-state index contributed by atoms with van der Waals surface area (Å²) in [6.45, 7) is 1.96. The number of carbonyl (C=O) groups excluding carboxylic acids is 1. The molecule has 0 aliphatic heterocycles. The minimum Gasteiger partial charge on any atom is -0.281 e. The molecule has 1 atom stereocenters. The molecule has 0 amide bonds. The van der Waals surface area contributed by atoms with Gasteiger partial charge in [0.15, 0.2) is 0 Å². The topological polar surface area (TPSA) is 17.1 Å². The van der Waals surface area contributed by atoms with E-state index in [2.05, 4.69) is 0 Å². The van der Waals surface area contributed by atoms with Crippen LogP contribution >= 0.6 is 11.6 Å². The van der Waals surface area contributed by atoms with Crippen molar-refractivity contribution < 1.29 is 4.79 Å². The highest BCUT2D eigenvalue weighted by molar-refractivity contribution is 6.64. The van der Waals surface area contributed by atoms with Gasteiger partial charge in [0.1, 0.15) is 0 Å². The Bertz CT molecular complexity index is 256. The van der Waals surface area contributed by atoms with E-state index in [1.165, 1.54) is 0 Å².